The highest BCUT2D eigenvalue weighted by Crippen LogP contribution is 2.46. The van der Waals surface area contributed by atoms with E-state index in [4.69, 9.17) is 0 Å². The van der Waals surface area contributed by atoms with E-state index in [1.54, 1.807) is 0 Å². The minimum atomic E-state index is -0.417. The molecule has 2 N–H and O–H groups in total. The molecule has 0 saturated heterocycles. The Bertz CT molecular complexity index is 1150. The maximum Gasteiger partial charge on any atom is 0.272 e. The van der Waals surface area contributed by atoms with Crippen LogP contribution in [-0.2, 0) is 0 Å². The summed E-state index contributed by atoms with van der Waals surface area (Å²) in [4.78, 5) is 14.8. The summed E-state index contributed by atoms with van der Waals surface area (Å²) < 4.78 is 14.5. The van der Waals surface area contributed by atoms with Gasteiger partial charge in [0.05, 0.1) is 17.1 Å². The molecule has 0 radical (unpaired) electrons. The van der Waals surface area contributed by atoms with Crippen LogP contribution in [0.4, 0.5) is 10.1 Å². The number of rotatable bonds is 8. The van der Waals surface area contributed by atoms with Gasteiger partial charge < -0.3 is 10.2 Å². The summed E-state index contributed by atoms with van der Waals surface area (Å²) in [6.07, 6.45) is 14.8. The minimum Gasteiger partial charge on any atom is -0.377 e. The number of nitrogens with one attached hydrogen (secondary N) is 2. The van der Waals surface area contributed by atoms with Crippen molar-refractivity contribution in [3.63, 3.8) is 0 Å². The van der Waals surface area contributed by atoms with E-state index in [1.807, 2.05) is 0 Å². The van der Waals surface area contributed by atoms with E-state index in [0.717, 1.165) is 48.9 Å². The van der Waals surface area contributed by atoms with Crippen LogP contribution in [0, 0.1) is 17.7 Å². The van der Waals surface area contributed by atoms with Crippen molar-refractivity contribution in [2.75, 3.05) is 26.0 Å². The van der Waals surface area contributed by atoms with E-state index in [1.165, 1.54) is 12.1 Å². The molecule has 0 amide bonds. The average molecular weight is 451 g/mol. The van der Waals surface area contributed by atoms with E-state index in [2.05, 4.69) is 78.7 Å². The standard InChI is InChI=1S/C27H35FN4O/c1-5-10-19(13-17(2)16-32(3)4)23-25(18-11-8-6-7-9-12-18)29-22-15-20(28)14-21-24(22)26(23)30-31-27(21)33/h6,8-9,11-12,14-15,17,19,23,25,29H,5,7,10,13,16H2,1-4H3,(H,31,33). The van der Waals surface area contributed by atoms with E-state index in [0.29, 0.717) is 22.9 Å². The summed E-state index contributed by atoms with van der Waals surface area (Å²) in [7, 11) is 4.23. The molecule has 33 heavy (non-hydrogen) atoms. The topological polar surface area (TPSA) is 61.0 Å². The molecule has 2 aromatic rings. The molecule has 4 atom stereocenters. The molecule has 2 aliphatic rings. The van der Waals surface area contributed by atoms with Gasteiger partial charge in [0, 0.05) is 23.5 Å². The monoisotopic (exact) mass is 450 g/mol. The Balaban J connectivity index is 1.88. The van der Waals surface area contributed by atoms with Gasteiger partial charge in [0.15, 0.2) is 0 Å². The number of halogens is 1. The van der Waals surface area contributed by atoms with Crippen molar-refractivity contribution >= 4 is 16.5 Å². The lowest BCUT2D eigenvalue weighted by Gasteiger charge is -2.40. The first kappa shape index (κ1) is 23.4. The molecule has 0 fully saturated rings. The lowest BCUT2D eigenvalue weighted by molar-refractivity contribution is 0.253. The van der Waals surface area contributed by atoms with Crippen molar-refractivity contribution in [2.45, 2.75) is 51.5 Å². The Morgan fingerprint density at radius 2 is 2.09 bits per heavy atom. The van der Waals surface area contributed by atoms with Gasteiger partial charge in [-0.2, -0.15) is 5.10 Å². The van der Waals surface area contributed by atoms with Crippen LogP contribution in [0.5, 0.6) is 0 Å². The van der Waals surface area contributed by atoms with Gasteiger partial charge >= 0.3 is 0 Å². The van der Waals surface area contributed by atoms with E-state index in [-0.39, 0.29) is 17.5 Å². The predicted molar refractivity (Wildman–Crippen MR) is 134 cm³/mol. The molecule has 0 bridgehead atoms. The maximum absolute atomic E-state index is 14.5. The summed E-state index contributed by atoms with van der Waals surface area (Å²) in [5.74, 6) is 0.529. The largest absolute Gasteiger partial charge is 0.377 e. The Hall–Kier alpha value is -2.73. The first-order valence-electron chi connectivity index (χ1n) is 12.0. The SMILES string of the molecule is CCCC(CC(C)CN(C)C)C1c2n[nH]c(=O)c3cc(F)cc(c23)NC1C1=CC=CCC=C1. The number of benzene rings is 1. The van der Waals surface area contributed by atoms with Gasteiger partial charge in [0.25, 0.3) is 5.56 Å². The normalized spacial score (nSPS) is 21.6. The van der Waals surface area contributed by atoms with Gasteiger partial charge in [-0.05, 0) is 62.9 Å². The number of aromatic amines is 1. The van der Waals surface area contributed by atoms with Crippen molar-refractivity contribution < 1.29 is 4.39 Å². The number of hydrogen-bond donors (Lipinski definition) is 2. The highest BCUT2D eigenvalue weighted by Gasteiger charge is 2.39. The molecule has 1 aliphatic heterocycles. The smallest absolute Gasteiger partial charge is 0.272 e. The van der Waals surface area contributed by atoms with Crippen LogP contribution in [0.2, 0.25) is 0 Å². The van der Waals surface area contributed by atoms with Crippen molar-refractivity contribution in [1.29, 1.82) is 0 Å². The summed E-state index contributed by atoms with van der Waals surface area (Å²) in [6.45, 7) is 5.55. The summed E-state index contributed by atoms with van der Waals surface area (Å²) >= 11 is 0. The number of H-pyrrole nitrogens is 1. The van der Waals surface area contributed by atoms with Crippen LogP contribution in [0.25, 0.3) is 10.8 Å². The summed E-state index contributed by atoms with van der Waals surface area (Å²) in [5.41, 5.74) is 2.34. The van der Waals surface area contributed by atoms with Gasteiger partial charge in [-0.15, -0.1) is 0 Å². The lowest BCUT2D eigenvalue weighted by atomic mass is 9.71. The Morgan fingerprint density at radius 3 is 2.85 bits per heavy atom. The molecule has 4 unspecified atom stereocenters. The summed E-state index contributed by atoms with van der Waals surface area (Å²) in [6, 6.07) is 2.78. The van der Waals surface area contributed by atoms with E-state index < -0.39 is 5.82 Å². The van der Waals surface area contributed by atoms with Crippen molar-refractivity contribution in [1.82, 2.24) is 15.1 Å². The van der Waals surface area contributed by atoms with Gasteiger partial charge in [-0.3, -0.25) is 4.79 Å². The third-order valence-corrected chi connectivity index (χ3v) is 6.78. The fraction of sp³-hybridized carbons (Fsp3) is 0.481. The van der Waals surface area contributed by atoms with Crippen molar-refractivity contribution in [3.8, 4) is 0 Å². The van der Waals surface area contributed by atoms with Crippen LogP contribution in [0.1, 0.15) is 51.1 Å². The lowest BCUT2D eigenvalue weighted by Crippen LogP contribution is -2.39. The first-order valence-corrected chi connectivity index (χ1v) is 12.0. The second kappa shape index (κ2) is 10.0. The number of hydrogen-bond acceptors (Lipinski definition) is 4. The van der Waals surface area contributed by atoms with E-state index >= 15 is 0 Å². The maximum atomic E-state index is 14.5. The van der Waals surface area contributed by atoms with Crippen molar-refractivity contribution in [2.24, 2.45) is 11.8 Å². The van der Waals surface area contributed by atoms with E-state index in [9.17, 15) is 9.18 Å². The Kier molecular flexibility index (Phi) is 7.13. The summed E-state index contributed by atoms with van der Waals surface area (Å²) in [5, 5.41) is 12.0. The van der Waals surface area contributed by atoms with Gasteiger partial charge in [0.1, 0.15) is 5.82 Å². The van der Waals surface area contributed by atoms with Crippen LogP contribution in [0.3, 0.4) is 0 Å². The second-order valence-corrected chi connectivity index (χ2v) is 9.85. The molecule has 5 nitrogen and oxygen atoms in total. The first-order chi connectivity index (χ1) is 15.9. The quantitative estimate of drug-likeness (QED) is 0.566. The van der Waals surface area contributed by atoms with Gasteiger partial charge in [0.2, 0.25) is 0 Å². The molecule has 1 aromatic carbocycles. The predicted octanol–water partition coefficient (Wildman–Crippen LogP) is 5.39. The molecule has 2 heterocycles. The highest BCUT2D eigenvalue weighted by atomic mass is 19.1. The number of aromatic nitrogens is 2. The van der Waals surface area contributed by atoms with Crippen LogP contribution >= 0.6 is 0 Å². The third kappa shape index (κ3) is 4.96. The molecule has 176 valence electrons. The fourth-order valence-corrected chi connectivity index (χ4v) is 5.68. The highest BCUT2D eigenvalue weighted by molar-refractivity contribution is 5.97. The third-order valence-electron chi connectivity index (χ3n) is 6.78. The molecular formula is C27H35FN4O. The Morgan fingerprint density at radius 1 is 1.27 bits per heavy atom. The number of anilines is 1. The molecule has 1 aliphatic carbocycles. The number of allylic oxidation sites excluding steroid dienone is 4. The van der Waals surface area contributed by atoms with Crippen LogP contribution < -0.4 is 10.9 Å². The second-order valence-electron chi connectivity index (χ2n) is 9.85. The van der Waals surface area contributed by atoms with Crippen molar-refractivity contribution in [3.05, 3.63) is 70.0 Å². The van der Waals surface area contributed by atoms with Gasteiger partial charge in [-0.1, -0.05) is 50.6 Å². The molecule has 1 aromatic heterocycles. The van der Waals surface area contributed by atoms with Gasteiger partial charge in [-0.25, -0.2) is 9.49 Å². The zero-order chi connectivity index (χ0) is 23.5. The van der Waals surface area contributed by atoms with Crippen LogP contribution in [-0.4, -0.2) is 41.8 Å². The molecule has 0 saturated carbocycles. The Labute approximate surface area is 195 Å². The molecule has 0 spiro atoms. The fourth-order valence-electron chi connectivity index (χ4n) is 5.68. The molecule has 4 rings (SSSR count). The molecule has 6 heteroatoms. The average Bonchev–Trinajstić information content (AvgIpc) is 3.04. The number of nitrogens with zero attached hydrogens (tertiary/aromatic N) is 2. The molecular weight excluding hydrogens is 415 g/mol. The zero-order valence-electron chi connectivity index (χ0n) is 20.1. The zero-order valence-corrected chi connectivity index (χ0v) is 20.1. The minimum absolute atomic E-state index is 0.0528. The van der Waals surface area contributed by atoms with Crippen LogP contribution in [0.15, 0.2) is 52.9 Å².